The highest BCUT2D eigenvalue weighted by Gasteiger charge is 2.45. The molecular formula is C13H16BrN3O3S. The van der Waals surface area contributed by atoms with Crippen LogP contribution < -0.4 is 11.1 Å². The minimum Gasteiger partial charge on any atom is -0.398 e. The number of hydrogen-bond acceptors (Lipinski definition) is 4. The zero-order valence-electron chi connectivity index (χ0n) is 11.3. The fraction of sp³-hybridized carbons (Fsp3) is 0.462. The number of carbonyl (C=O) groups excluding carboxylic acids is 1. The number of sulfonamides is 1. The van der Waals surface area contributed by atoms with Crippen molar-refractivity contribution in [3.8, 4) is 0 Å². The molecule has 3 rings (SSSR count). The zero-order chi connectivity index (χ0) is 15.2. The second kappa shape index (κ2) is 5.26. The first-order valence-electron chi connectivity index (χ1n) is 6.76. The molecule has 2 fully saturated rings. The molecule has 2 unspecified atom stereocenters. The molecule has 8 heteroatoms. The number of rotatable bonds is 2. The van der Waals surface area contributed by atoms with Gasteiger partial charge < -0.3 is 11.1 Å². The molecule has 0 bridgehead atoms. The lowest BCUT2D eigenvalue weighted by atomic mass is 9.93. The summed E-state index contributed by atoms with van der Waals surface area (Å²) < 4.78 is 27.9. The van der Waals surface area contributed by atoms with Crippen LogP contribution in [0, 0.1) is 5.92 Å². The predicted octanol–water partition coefficient (Wildman–Crippen LogP) is 0.930. The van der Waals surface area contributed by atoms with Crippen molar-refractivity contribution in [2.24, 2.45) is 5.92 Å². The second-order valence-corrected chi connectivity index (χ2v) is 8.13. The topological polar surface area (TPSA) is 92.5 Å². The summed E-state index contributed by atoms with van der Waals surface area (Å²) in [6, 6.07) is 4.43. The fourth-order valence-electron chi connectivity index (χ4n) is 3.09. The van der Waals surface area contributed by atoms with Crippen molar-refractivity contribution >= 4 is 37.5 Å². The van der Waals surface area contributed by atoms with Crippen molar-refractivity contribution in [3.05, 3.63) is 22.7 Å². The van der Waals surface area contributed by atoms with Crippen molar-refractivity contribution in [1.29, 1.82) is 0 Å². The normalized spacial score (nSPS) is 26.4. The summed E-state index contributed by atoms with van der Waals surface area (Å²) in [5.41, 5.74) is 6.07. The van der Waals surface area contributed by atoms with Crippen LogP contribution in [0.4, 0.5) is 5.69 Å². The molecule has 2 saturated heterocycles. The van der Waals surface area contributed by atoms with Crippen LogP contribution in [0.15, 0.2) is 27.6 Å². The van der Waals surface area contributed by atoms with Crippen LogP contribution in [0.5, 0.6) is 0 Å². The Kier molecular flexibility index (Phi) is 3.71. The second-order valence-electron chi connectivity index (χ2n) is 5.36. The van der Waals surface area contributed by atoms with Gasteiger partial charge in [0, 0.05) is 17.6 Å². The average Bonchev–Trinajstić information content (AvgIpc) is 2.80. The van der Waals surface area contributed by atoms with Crippen LogP contribution in [0.1, 0.15) is 12.8 Å². The smallest absolute Gasteiger partial charge is 0.245 e. The van der Waals surface area contributed by atoms with Gasteiger partial charge in [-0.3, -0.25) is 4.79 Å². The fourth-order valence-corrected chi connectivity index (χ4v) is 5.27. The van der Waals surface area contributed by atoms with Gasteiger partial charge in [-0.2, -0.15) is 4.31 Å². The number of nitrogens with two attached hydrogens (primary N) is 1. The van der Waals surface area contributed by atoms with Gasteiger partial charge in [-0.05, 0) is 31.0 Å². The van der Waals surface area contributed by atoms with E-state index < -0.39 is 10.0 Å². The lowest BCUT2D eigenvalue weighted by molar-refractivity contribution is -0.123. The molecule has 2 heterocycles. The maximum Gasteiger partial charge on any atom is 0.245 e. The predicted molar refractivity (Wildman–Crippen MR) is 82.0 cm³/mol. The lowest BCUT2D eigenvalue weighted by Gasteiger charge is -2.35. The van der Waals surface area contributed by atoms with Crippen LogP contribution >= 0.6 is 15.9 Å². The molecule has 114 valence electrons. The largest absolute Gasteiger partial charge is 0.398 e. The van der Waals surface area contributed by atoms with Gasteiger partial charge in [0.1, 0.15) is 4.90 Å². The number of nitrogen functional groups attached to an aromatic ring is 1. The number of halogens is 1. The monoisotopic (exact) mass is 373 g/mol. The van der Waals surface area contributed by atoms with E-state index in [1.165, 1.54) is 10.4 Å². The van der Waals surface area contributed by atoms with Gasteiger partial charge in [-0.25, -0.2) is 8.42 Å². The van der Waals surface area contributed by atoms with Crippen molar-refractivity contribution in [3.63, 3.8) is 0 Å². The Morgan fingerprint density at radius 1 is 1.38 bits per heavy atom. The number of fused-ring (bicyclic) bond motifs is 1. The first-order valence-corrected chi connectivity index (χ1v) is 8.99. The third-order valence-corrected chi connectivity index (χ3v) is 6.60. The van der Waals surface area contributed by atoms with Gasteiger partial charge in [0.2, 0.25) is 15.9 Å². The molecule has 0 saturated carbocycles. The van der Waals surface area contributed by atoms with Crippen LogP contribution in [0.2, 0.25) is 0 Å². The summed E-state index contributed by atoms with van der Waals surface area (Å²) >= 11 is 3.27. The Balaban J connectivity index is 1.99. The highest BCUT2D eigenvalue weighted by atomic mass is 79.9. The number of amides is 1. The van der Waals surface area contributed by atoms with Crippen LogP contribution in [-0.4, -0.2) is 37.8 Å². The molecule has 1 aromatic rings. The molecule has 2 atom stereocenters. The molecule has 0 aliphatic carbocycles. The van der Waals surface area contributed by atoms with Crippen molar-refractivity contribution in [2.75, 3.05) is 18.8 Å². The molecule has 1 amide bonds. The van der Waals surface area contributed by atoms with E-state index in [2.05, 4.69) is 21.2 Å². The van der Waals surface area contributed by atoms with Gasteiger partial charge in [-0.1, -0.05) is 15.9 Å². The summed E-state index contributed by atoms with van der Waals surface area (Å²) in [7, 11) is -3.69. The molecule has 6 nitrogen and oxygen atoms in total. The van der Waals surface area contributed by atoms with Gasteiger partial charge in [0.15, 0.2) is 0 Å². The first kappa shape index (κ1) is 14.8. The summed E-state index contributed by atoms with van der Waals surface area (Å²) in [4.78, 5) is 11.9. The van der Waals surface area contributed by atoms with Gasteiger partial charge in [0.05, 0.1) is 17.6 Å². The van der Waals surface area contributed by atoms with E-state index in [0.717, 1.165) is 10.9 Å². The Bertz CT molecular complexity index is 692. The molecule has 1 aromatic carbocycles. The molecule has 21 heavy (non-hydrogen) atoms. The maximum absolute atomic E-state index is 12.9. The number of nitrogens with zero attached hydrogens (tertiary/aromatic N) is 1. The molecule has 3 N–H and O–H groups in total. The first-order chi connectivity index (χ1) is 9.91. The van der Waals surface area contributed by atoms with Gasteiger partial charge >= 0.3 is 0 Å². The quantitative estimate of drug-likeness (QED) is 0.754. The van der Waals surface area contributed by atoms with Crippen molar-refractivity contribution < 1.29 is 13.2 Å². The Labute approximate surface area is 131 Å². The zero-order valence-corrected chi connectivity index (χ0v) is 13.7. The van der Waals surface area contributed by atoms with Crippen LogP contribution in [-0.2, 0) is 14.8 Å². The number of nitrogens with one attached hydrogen (secondary N) is 1. The van der Waals surface area contributed by atoms with Crippen LogP contribution in [0.25, 0.3) is 0 Å². The van der Waals surface area contributed by atoms with Crippen LogP contribution in [0.3, 0.4) is 0 Å². The number of carbonyl (C=O) groups is 1. The SMILES string of the molecule is Nc1cc(Br)ccc1S(=O)(=O)N1CCCC2C(=O)NCC21. The van der Waals surface area contributed by atoms with E-state index in [1.807, 2.05) is 0 Å². The summed E-state index contributed by atoms with van der Waals surface area (Å²) in [6.45, 7) is 0.799. The molecule has 0 aromatic heterocycles. The number of piperidine rings is 1. The van der Waals surface area contributed by atoms with E-state index >= 15 is 0 Å². The van der Waals surface area contributed by atoms with E-state index in [0.29, 0.717) is 19.5 Å². The van der Waals surface area contributed by atoms with E-state index in [1.54, 1.807) is 12.1 Å². The standard InChI is InChI=1S/C13H16BrN3O3S/c14-8-3-4-12(10(15)6-8)21(19,20)17-5-1-2-9-11(17)7-16-13(9)18/h3-4,6,9,11H,1-2,5,7,15H2,(H,16,18). The average molecular weight is 374 g/mol. The minimum atomic E-state index is -3.69. The summed E-state index contributed by atoms with van der Waals surface area (Å²) in [6.07, 6.45) is 1.42. The van der Waals surface area contributed by atoms with Gasteiger partial charge in [0.25, 0.3) is 0 Å². The van der Waals surface area contributed by atoms with Crippen molar-refractivity contribution in [1.82, 2.24) is 9.62 Å². The molecule has 0 spiro atoms. The minimum absolute atomic E-state index is 0.0521. The summed E-state index contributed by atoms with van der Waals surface area (Å²) in [5.74, 6) is -0.297. The highest BCUT2D eigenvalue weighted by Crippen LogP contribution is 2.34. The third kappa shape index (κ3) is 2.45. The third-order valence-electron chi connectivity index (χ3n) is 4.11. The number of anilines is 1. The molecule has 0 radical (unpaired) electrons. The molecule has 2 aliphatic rings. The van der Waals surface area contributed by atoms with E-state index in [4.69, 9.17) is 5.73 Å². The highest BCUT2D eigenvalue weighted by molar-refractivity contribution is 9.10. The maximum atomic E-state index is 12.9. The number of hydrogen-bond donors (Lipinski definition) is 2. The molecule has 2 aliphatic heterocycles. The van der Waals surface area contributed by atoms with Gasteiger partial charge in [-0.15, -0.1) is 0 Å². The Morgan fingerprint density at radius 2 is 2.14 bits per heavy atom. The van der Waals surface area contributed by atoms with E-state index in [9.17, 15) is 13.2 Å². The van der Waals surface area contributed by atoms with E-state index in [-0.39, 0.29) is 28.4 Å². The Morgan fingerprint density at radius 3 is 2.86 bits per heavy atom. The summed E-state index contributed by atoms with van der Waals surface area (Å²) in [5, 5.41) is 2.76. The Hall–Kier alpha value is -1.12. The molecular weight excluding hydrogens is 358 g/mol. The lowest BCUT2D eigenvalue weighted by Crippen LogP contribution is -2.48. The number of benzene rings is 1. The van der Waals surface area contributed by atoms with Crippen molar-refractivity contribution in [2.45, 2.75) is 23.8 Å².